The molecule has 9 nitrogen and oxygen atoms in total. The van der Waals surface area contributed by atoms with Crippen molar-refractivity contribution in [2.24, 2.45) is 4.99 Å². The number of hydrogen-bond donors (Lipinski definition) is 0. The summed E-state index contributed by atoms with van der Waals surface area (Å²) in [6, 6.07) is 12.1. The van der Waals surface area contributed by atoms with Crippen LogP contribution < -0.4 is 24.1 Å². The van der Waals surface area contributed by atoms with Crippen LogP contribution in [0, 0.1) is 0 Å². The Hall–Kier alpha value is -3.73. The van der Waals surface area contributed by atoms with E-state index >= 15 is 0 Å². The van der Waals surface area contributed by atoms with Gasteiger partial charge in [-0.15, -0.1) is 11.3 Å². The summed E-state index contributed by atoms with van der Waals surface area (Å²) in [5.41, 5.74) is 2.42. The van der Waals surface area contributed by atoms with Gasteiger partial charge in [-0.25, -0.2) is 4.98 Å². The summed E-state index contributed by atoms with van der Waals surface area (Å²) < 4.78 is 19.1. The highest BCUT2D eigenvalue weighted by Gasteiger charge is 2.32. The van der Waals surface area contributed by atoms with Gasteiger partial charge in [0.15, 0.2) is 11.5 Å². The average molecular weight is 670 g/mol. The fourth-order valence-corrected chi connectivity index (χ4v) is 8.03. The zero-order chi connectivity index (χ0) is 32.7. The molecule has 2 saturated heterocycles. The maximum absolute atomic E-state index is 13.1. The molecule has 1 amide bonds. The molecule has 3 aliphatic heterocycles. The second-order valence-corrected chi connectivity index (χ2v) is 14.1. The van der Waals surface area contributed by atoms with E-state index in [-0.39, 0.29) is 11.9 Å². The largest absolute Gasteiger partial charge is 0.494 e. The summed E-state index contributed by atoms with van der Waals surface area (Å²) in [4.78, 5) is 29.6. The molecule has 4 aliphatic rings. The third kappa shape index (κ3) is 7.77. The van der Waals surface area contributed by atoms with E-state index in [1.165, 1.54) is 4.53 Å². The van der Waals surface area contributed by atoms with Crippen LogP contribution in [-0.2, 0) is 0 Å². The number of aliphatic imine (C=N–C) groups is 1. The highest BCUT2D eigenvalue weighted by atomic mass is 32.1. The van der Waals surface area contributed by atoms with E-state index in [0.29, 0.717) is 29.4 Å². The number of thiazole rings is 1. The number of aromatic nitrogens is 1. The molecular formula is C38H47N5O4S. The van der Waals surface area contributed by atoms with Crippen molar-refractivity contribution in [1.82, 2.24) is 19.7 Å². The number of carbonyl (C=O) groups excluding carboxylic acids is 1. The predicted molar refractivity (Wildman–Crippen MR) is 193 cm³/mol. The number of benzene rings is 2. The first kappa shape index (κ1) is 32.8. The molecule has 1 aliphatic carbocycles. The fraction of sp³-hybridized carbons (Fsp3) is 0.500. The van der Waals surface area contributed by atoms with E-state index in [4.69, 9.17) is 19.2 Å². The molecule has 2 fully saturated rings. The number of hydrogen-bond acceptors (Lipinski definition) is 9. The highest BCUT2D eigenvalue weighted by molar-refractivity contribution is 7.13. The summed E-state index contributed by atoms with van der Waals surface area (Å²) in [5, 5.41) is 2.23. The van der Waals surface area contributed by atoms with E-state index < -0.39 is 0 Å². The molecule has 1 aromatic heterocycles. The zero-order valence-electron chi connectivity index (χ0n) is 28.1. The van der Waals surface area contributed by atoms with E-state index in [2.05, 4.69) is 51.2 Å². The van der Waals surface area contributed by atoms with Gasteiger partial charge in [0, 0.05) is 50.6 Å². The number of unbranched alkanes of at least 4 members (excludes halogenated alkanes) is 2. The summed E-state index contributed by atoms with van der Waals surface area (Å²) >= 11 is 1.78. The Balaban J connectivity index is 0.760. The lowest BCUT2D eigenvalue weighted by Crippen LogP contribution is -2.46. The van der Waals surface area contributed by atoms with Gasteiger partial charge < -0.3 is 28.9 Å². The summed E-state index contributed by atoms with van der Waals surface area (Å²) in [7, 11) is 1.62. The Morgan fingerprint density at radius 3 is 2.31 bits per heavy atom. The quantitative estimate of drug-likeness (QED) is 0.220. The van der Waals surface area contributed by atoms with Crippen molar-refractivity contribution in [2.45, 2.75) is 57.4 Å². The zero-order valence-corrected chi connectivity index (χ0v) is 28.9. The van der Waals surface area contributed by atoms with Crippen LogP contribution in [0.25, 0.3) is 22.7 Å². The molecule has 1 atom stereocenters. The van der Waals surface area contributed by atoms with E-state index in [0.717, 1.165) is 125 Å². The minimum Gasteiger partial charge on any atom is -0.494 e. The Morgan fingerprint density at radius 2 is 1.58 bits per heavy atom. The molecule has 0 radical (unpaired) electrons. The lowest BCUT2D eigenvalue weighted by molar-refractivity contribution is 0.0774. The van der Waals surface area contributed by atoms with Crippen LogP contribution in [0.1, 0.15) is 61.7 Å². The molecule has 254 valence electrons. The Kier molecular flexibility index (Phi) is 10.7. The molecule has 0 N–H and O–H groups in total. The normalized spacial score (nSPS) is 19.1. The van der Waals surface area contributed by atoms with E-state index in [1.807, 2.05) is 17.2 Å². The SMILES string of the molecule is COc1cc2c(cc1OCCCCN1CCN(CCCCOc3ccc(-c4nc5c(s4)=CCCC=5)cc3)CC1)N=CC1CCCN1C2=O. The van der Waals surface area contributed by atoms with Gasteiger partial charge in [-0.1, -0.05) is 12.2 Å². The van der Waals surface area contributed by atoms with Crippen molar-refractivity contribution in [3.8, 4) is 27.8 Å². The lowest BCUT2D eigenvalue weighted by atomic mass is 10.1. The topological polar surface area (TPSA) is 79.7 Å². The van der Waals surface area contributed by atoms with Crippen molar-refractivity contribution >= 4 is 41.3 Å². The van der Waals surface area contributed by atoms with Crippen LogP contribution in [0.15, 0.2) is 41.4 Å². The number of carbonyl (C=O) groups is 1. The molecule has 0 spiro atoms. The van der Waals surface area contributed by atoms with Crippen LogP contribution in [0.2, 0.25) is 0 Å². The van der Waals surface area contributed by atoms with Gasteiger partial charge in [-0.3, -0.25) is 9.79 Å². The van der Waals surface area contributed by atoms with Crippen LogP contribution >= 0.6 is 11.3 Å². The molecule has 3 aromatic rings. The average Bonchev–Trinajstić information content (AvgIpc) is 3.76. The Morgan fingerprint density at radius 1 is 0.854 bits per heavy atom. The molecule has 48 heavy (non-hydrogen) atoms. The number of rotatable bonds is 14. The summed E-state index contributed by atoms with van der Waals surface area (Å²) in [6.07, 6.45) is 14.9. The smallest absolute Gasteiger partial charge is 0.256 e. The minimum atomic E-state index is 0.0320. The predicted octanol–water partition coefficient (Wildman–Crippen LogP) is 5.13. The van der Waals surface area contributed by atoms with Crippen molar-refractivity contribution in [2.75, 3.05) is 66.1 Å². The van der Waals surface area contributed by atoms with Crippen molar-refractivity contribution in [1.29, 1.82) is 0 Å². The second-order valence-electron chi connectivity index (χ2n) is 13.1. The number of amides is 1. The van der Waals surface area contributed by atoms with Gasteiger partial charge >= 0.3 is 0 Å². The lowest BCUT2D eigenvalue weighted by Gasteiger charge is -2.34. The molecule has 2 aromatic carbocycles. The van der Waals surface area contributed by atoms with Crippen molar-refractivity contribution in [3.05, 3.63) is 51.8 Å². The Bertz CT molecular complexity index is 1680. The highest BCUT2D eigenvalue weighted by Crippen LogP contribution is 2.38. The van der Waals surface area contributed by atoms with Crippen LogP contribution in [0.3, 0.4) is 0 Å². The molecule has 4 heterocycles. The number of methoxy groups -OCH3 is 1. The maximum Gasteiger partial charge on any atom is 0.256 e. The number of fused-ring (bicyclic) bond motifs is 3. The molecule has 7 rings (SSSR count). The van der Waals surface area contributed by atoms with Crippen molar-refractivity contribution in [3.63, 3.8) is 0 Å². The van der Waals surface area contributed by atoms with Crippen LogP contribution in [0.4, 0.5) is 5.69 Å². The monoisotopic (exact) mass is 669 g/mol. The van der Waals surface area contributed by atoms with Gasteiger partial charge in [0.25, 0.3) is 5.91 Å². The number of nitrogens with zero attached hydrogens (tertiary/aromatic N) is 5. The Labute approximate surface area is 287 Å². The number of ether oxygens (including phenoxy) is 3. The van der Waals surface area contributed by atoms with Gasteiger partial charge in [-0.2, -0.15) is 0 Å². The maximum atomic E-state index is 13.1. The first-order valence-corrected chi connectivity index (χ1v) is 18.5. The standard InChI is InChI=1S/C38H47N5O4S/c1-45-34-25-31-33(39-27-29-9-8-18-43(29)38(31)44)26-35(34)47-24-7-5-17-42-21-19-41(20-22-42)16-4-6-23-46-30-14-12-28(13-15-30)37-40-32-10-2-3-11-36(32)48-37/h10-15,25-27,29H,2-9,16-24H2,1H3. The van der Waals surface area contributed by atoms with E-state index in [1.54, 1.807) is 24.5 Å². The number of piperazine rings is 1. The summed E-state index contributed by atoms with van der Waals surface area (Å²) in [6.45, 7) is 8.83. The minimum absolute atomic E-state index is 0.0320. The van der Waals surface area contributed by atoms with Crippen LogP contribution in [0.5, 0.6) is 17.2 Å². The fourth-order valence-electron chi connectivity index (χ4n) is 6.99. The molecule has 0 saturated carbocycles. The van der Waals surface area contributed by atoms with Gasteiger partial charge in [0.1, 0.15) is 10.8 Å². The first-order chi connectivity index (χ1) is 23.6. The third-order valence-electron chi connectivity index (χ3n) is 9.80. The third-order valence-corrected chi connectivity index (χ3v) is 10.9. The molecule has 1 unspecified atom stereocenters. The molecule has 0 bridgehead atoms. The van der Waals surface area contributed by atoms with Gasteiger partial charge in [0.2, 0.25) is 0 Å². The molecule has 10 heteroatoms. The second kappa shape index (κ2) is 15.7. The van der Waals surface area contributed by atoms with Gasteiger partial charge in [-0.05, 0) is 94.8 Å². The van der Waals surface area contributed by atoms with Crippen molar-refractivity contribution < 1.29 is 19.0 Å². The van der Waals surface area contributed by atoms with Crippen LogP contribution in [-0.4, -0.2) is 104 Å². The van der Waals surface area contributed by atoms with Gasteiger partial charge in [0.05, 0.1) is 47.5 Å². The van der Waals surface area contributed by atoms with E-state index in [9.17, 15) is 4.79 Å². The molecular weight excluding hydrogens is 623 g/mol. The summed E-state index contributed by atoms with van der Waals surface area (Å²) in [5.74, 6) is 2.21. The first-order valence-electron chi connectivity index (χ1n) is 17.7.